The smallest absolute Gasteiger partial charge is 0.321 e. The quantitative estimate of drug-likeness (QED) is 0.518. The lowest BCUT2D eigenvalue weighted by atomic mass is 9.78. The number of esters is 1. The number of carbonyl (C=O) groups excluding carboxylic acids is 2. The summed E-state index contributed by atoms with van der Waals surface area (Å²) in [4.78, 5) is 23.2. The van der Waals surface area contributed by atoms with Crippen LogP contribution in [-0.4, -0.2) is 18.5 Å². The molecule has 0 aliphatic heterocycles. The van der Waals surface area contributed by atoms with Crippen LogP contribution < -0.4 is 5.73 Å². The molecule has 0 spiro atoms. The summed E-state index contributed by atoms with van der Waals surface area (Å²) in [5, 5.41) is 0. The van der Waals surface area contributed by atoms with E-state index in [0.29, 0.717) is 12.8 Å². The molecule has 0 aromatic heterocycles. The summed E-state index contributed by atoms with van der Waals surface area (Å²) in [7, 11) is 0. The molecule has 0 fully saturated rings. The predicted molar refractivity (Wildman–Crippen MR) is 58.1 cm³/mol. The molecule has 0 heterocycles. The van der Waals surface area contributed by atoms with Crippen molar-refractivity contribution in [2.45, 2.75) is 46.5 Å². The Labute approximate surface area is 91.2 Å². The molecule has 0 rings (SSSR count). The number of amides is 1. The Bertz CT molecular complexity index is 220. The molecular weight excluding hydrogens is 194 g/mol. The lowest BCUT2D eigenvalue weighted by Crippen LogP contribution is -2.45. The molecule has 0 aliphatic rings. The fourth-order valence-electron chi connectivity index (χ4n) is 1.80. The van der Waals surface area contributed by atoms with Gasteiger partial charge in [-0.1, -0.05) is 26.7 Å². The summed E-state index contributed by atoms with van der Waals surface area (Å²) < 4.78 is 4.93. The predicted octanol–water partition coefficient (Wildman–Crippen LogP) is 1.62. The Balaban J connectivity index is 4.92. The number of primary amides is 1. The zero-order chi connectivity index (χ0) is 11.9. The summed E-state index contributed by atoms with van der Waals surface area (Å²) in [5.74, 6) is -1.04. The van der Waals surface area contributed by atoms with Gasteiger partial charge in [0.15, 0.2) is 0 Å². The maximum Gasteiger partial charge on any atom is 0.321 e. The number of rotatable bonds is 7. The van der Waals surface area contributed by atoms with Crippen LogP contribution in [0.4, 0.5) is 0 Å². The monoisotopic (exact) mass is 215 g/mol. The van der Waals surface area contributed by atoms with Crippen LogP contribution in [0.15, 0.2) is 0 Å². The van der Waals surface area contributed by atoms with Gasteiger partial charge in [-0.25, -0.2) is 0 Å². The van der Waals surface area contributed by atoms with Gasteiger partial charge in [-0.3, -0.25) is 9.59 Å². The Morgan fingerprint density at radius 3 is 1.87 bits per heavy atom. The third-order valence-corrected chi connectivity index (χ3v) is 2.49. The van der Waals surface area contributed by atoms with E-state index >= 15 is 0 Å². The number of ether oxygens (including phenoxy) is 1. The van der Waals surface area contributed by atoms with Crippen LogP contribution in [0, 0.1) is 5.41 Å². The SMILES string of the molecule is CCCC(CCC)(C(N)=O)C(=O)OCC. The van der Waals surface area contributed by atoms with Crippen LogP contribution >= 0.6 is 0 Å². The number of hydrogen-bond donors (Lipinski definition) is 1. The average Bonchev–Trinajstić information content (AvgIpc) is 2.17. The highest BCUT2D eigenvalue weighted by Crippen LogP contribution is 2.31. The van der Waals surface area contributed by atoms with Crippen molar-refractivity contribution in [2.75, 3.05) is 6.61 Å². The highest BCUT2D eigenvalue weighted by molar-refractivity contribution is 6.01. The van der Waals surface area contributed by atoms with E-state index in [-0.39, 0.29) is 6.61 Å². The van der Waals surface area contributed by atoms with Gasteiger partial charge in [-0.15, -0.1) is 0 Å². The third kappa shape index (κ3) is 3.22. The number of carbonyl (C=O) groups is 2. The van der Waals surface area contributed by atoms with Crippen molar-refractivity contribution in [2.24, 2.45) is 11.1 Å². The van der Waals surface area contributed by atoms with E-state index in [1.165, 1.54) is 0 Å². The fraction of sp³-hybridized carbons (Fsp3) is 0.818. The topological polar surface area (TPSA) is 69.4 Å². The zero-order valence-electron chi connectivity index (χ0n) is 9.84. The Morgan fingerprint density at radius 2 is 1.60 bits per heavy atom. The average molecular weight is 215 g/mol. The van der Waals surface area contributed by atoms with Crippen LogP contribution in [0.2, 0.25) is 0 Å². The largest absolute Gasteiger partial charge is 0.465 e. The summed E-state index contributed by atoms with van der Waals surface area (Å²) in [6, 6.07) is 0. The lowest BCUT2D eigenvalue weighted by Gasteiger charge is -2.27. The molecule has 15 heavy (non-hydrogen) atoms. The minimum atomic E-state index is -1.11. The van der Waals surface area contributed by atoms with Gasteiger partial charge >= 0.3 is 5.97 Å². The molecule has 88 valence electrons. The van der Waals surface area contributed by atoms with E-state index in [0.717, 1.165) is 12.8 Å². The Hall–Kier alpha value is -1.06. The molecule has 0 aliphatic carbocycles. The van der Waals surface area contributed by atoms with E-state index in [2.05, 4.69) is 0 Å². The third-order valence-electron chi connectivity index (χ3n) is 2.49. The highest BCUT2D eigenvalue weighted by Gasteiger charge is 2.44. The molecule has 0 atom stereocenters. The molecule has 0 unspecified atom stereocenters. The fourth-order valence-corrected chi connectivity index (χ4v) is 1.80. The Kier molecular flexibility index (Phi) is 5.97. The first kappa shape index (κ1) is 13.9. The molecule has 4 heteroatoms. The van der Waals surface area contributed by atoms with Crippen molar-refractivity contribution >= 4 is 11.9 Å². The van der Waals surface area contributed by atoms with Crippen molar-refractivity contribution < 1.29 is 14.3 Å². The maximum atomic E-state index is 11.8. The second kappa shape index (κ2) is 6.43. The first-order valence-electron chi connectivity index (χ1n) is 5.52. The summed E-state index contributed by atoms with van der Waals surface area (Å²) >= 11 is 0. The van der Waals surface area contributed by atoms with E-state index in [1.54, 1.807) is 6.92 Å². The van der Waals surface area contributed by atoms with E-state index in [4.69, 9.17) is 10.5 Å². The molecule has 0 saturated carbocycles. The zero-order valence-corrected chi connectivity index (χ0v) is 9.84. The molecule has 0 saturated heterocycles. The normalized spacial score (nSPS) is 11.1. The highest BCUT2D eigenvalue weighted by atomic mass is 16.5. The van der Waals surface area contributed by atoms with Gasteiger partial charge in [0.1, 0.15) is 5.41 Å². The van der Waals surface area contributed by atoms with Crippen LogP contribution in [-0.2, 0) is 14.3 Å². The Morgan fingerprint density at radius 1 is 1.13 bits per heavy atom. The minimum Gasteiger partial charge on any atom is -0.465 e. The van der Waals surface area contributed by atoms with Crippen molar-refractivity contribution in [3.05, 3.63) is 0 Å². The van der Waals surface area contributed by atoms with Crippen molar-refractivity contribution in [3.63, 3.8) is 0 Å². The molecule has 4 nitrogen and oxygen atoms in total. The van der Waals surface area contributed by atoms with Gasteiger partial charge < -0.3 is 10.5 Å². The standard InChI is InChI=1S/C11H21NO3/c1-4-7-11(8-5-2,9(12)13)10(14)15-6-3/h4-8H2,1-3H3,(H2,12,13). The van der Waals surface area contributed by atoms with Crippen molar-refractivity contribution in [3.8, 4) is 0 Å². The van der Waals surface area contributed by atoms with E-state index < -0.39 is 17.3 Å². The number of hydrogen-bond acceptors (Lipinski definition) is 3. The number of nitrogens with two attached hydrogens (primary N) is 1. The first-order chi connectivity index (χ1) is 7.05. The first-order valence-corrected chi connectivity index (χ1v) is 5.52. The van der Waals surface area contributed by atoms with Gasteiger partial charge in [-0.2, -0.15) is 0 Å². The van der Waals surface area contributed by atoms with Gasteiger partial charge in [-0.05, 0) is 19.8 Å². The second-order valence-electron chi connectivity index (χ2n) is 3.67. The van der Waals surface area contributed by atoms with Crippen LogP contribution in [0.3, 0.4) is 0 Å². The lowest BCUT2D eigenvalue weighted by molar-refractivity contribution is -0.161. The molecule has 0 aromatic rings. The van der Waals surface area contributed by atoms with Crippen molar-refractivity contribution in [1.29, 1.82) is 0 Å². The molecular formula is C11H21NO3. The van der Waals surface area contributed by atoms with Gasteiger partial charge in [0, 0.05) is 0 Å². The van der Waals surface area contributed by atoms with E-state index in [9.17, 15) is 9.59 Å². The van der Waals surface area contributed by atoms with Gasteiger partial charge in [0.2, 0.25) is 5.91 Å². The van der Waals surface area contributed by atoms with Gasteiger partial charge in [0.05, 0.1) is 6.61 Å². The maximum absolute atomic E-state index is 11.8. The van der Waals surface area contributed by atoms with Crippen LogP contribution in [0.5, 0.6) is 0 Å². The van der Waals surface area contributed by atoms with E-state index in [1.807, 2.05) is 13.8 Å². The molecule has 0 aromatic carbocycles. The second-order valence-corrected chi connectivity index (χ2v) is 3.67. The molecule has 0 bridgehead atoms. The molecule has 2 N–H and O–H groups in total. The molecule has 1 amide bonds. The van der Waals surface area contributed by atoms with Crippen molar-refractivity contribution in [1.82, 2.24) is 0 Å². The van der Waals surface area contributed by atoms with Crippen LogP contribution in [0.1, 0.15) is 46.5 Å². The summed E-state index contributed by atoms with van der Waals surface area (Å²) in [6.07, 6.45) is 2.41. The minimum absolute atomic E-state index is 0.279. The molecule has 0 radical (unpaired) electrons. The summed E-state index contributed by atoms with van der Waals surface area (Å²) in [6.45, 7) is 5.85. The van der Waals surface area contributed by atoms with Gasteiger partial charge in [0.25, 0.3) is 0 Å². The summed E-state index contributed by atoms with van der Waals surface area (Å²) in [5.41, 5.74) is 4.22. The van der Waals surface area contributed by atoms with Crippen LogP contribution in [0.25, 0.3) is 0 Å².